The summed E-state index contributed by atoms with van der Waals surface area (Å²) in [5.41, 5.74) is 2.88. The molecule has 2 rings (SSSR count). The van der Waals surface area contributed by atoms with Crippen molar-refractivity contribution in [2.24, 2.45) is 5.92 Å². The second-order valence-electron chi connectivity index (χ2n) is 5.93. The number of rotatable bonds is 6. The van der Waals surface area contributed by atoms with Crippen LogP contribution < -0.4 is 10.6 Å². The SMILES string of the molecule is CCCNc1cc(C)ccc1C(=O)NC(C)C1CCC1. The van der Waals surface area contributed by atoms with Gasteiger partial charge in [0.2, 0.25) is 0 Å². The molecule has 0 radical (unpaired) electrons. The van der Waals surface area contributed by atoms with E-state index in [0.29, 0.717) is 5.92 Å². The van der Waals surface area contributed by atoms with E-state index >= 15 is 0 Å². The molecular weight excluding hydrogens is 248 g/mol. The fourth-order valence-corrected chi connectivity index (χ4v) is 2.60. The molecule has 0 heterocycles. The van der Waals surface area contributed by atoms with Crippen LogP contribution in [0.2, 0.25) is 0 Å². The summed E-state index contributed by atoms with van der Waals surface area (Å²) in [6.07, 6.45) is 4.85. The van der Waals surface area contributed by atoms with Gasteiger partial charge in [0.05, 0.1) is 5.56 Å². The van der Waals surface area contributed by atoms with E-state index in [4.69, 9.17) is 0 Å². The van der Waals surface area contributed by atoms with Gasteiger partial charge >= 0.3 is 0 Å². The van der Waals surface area contributed by atoms with Crippen molar-refractivity contribution in [2.45, 2.75) is 52.5 Å². The van der Waals surface area contributed by atoms with Crippen molar-refractivity contribution < 1.29 is 4.79 Å². The van der Waals surface area contributed by atoms with Crippen LogP contribution in [0.15, 0.2) is 18.2 Å². The normalized spacial score (nSPS) is 16.4. The monoisotopic (exact) mass is 274 g/mol. The Bertz CT molecular complexity index is 466. The molecule has 1 aromatic carbocycles. The average molecular weight is 274 g/mol. The van der Waals surface area contributed by atoms with Crippen LogP contribution in [0.1, 0.15) is 55.5 Å². The molecule has 0 spiro atoms. The van der Waals surface area contributed by atoms with E-state index in [9.17, 15) is 4.79 Å². The molecule has 1 atom stereocenters. The predicted octanol–water partition coefficient (Wildman–Crippen LogP) is 3.74. The van der Waals surface area contributed by atoms with Crippen molar-refractivity contribution in [3.05, 3.63) is 29.3 Å². The van der Waals surface area contributed by atoms with Crippen LogP contribution in [0, 0.1) is 12.8 Å². The molecule has 20 heavy (non-hydrogen) atoms. The highest BCUT2D eigenvalue weighted by Gasteiger charge is 2.25. The molecule has 0 saturated heterocycles. The van der Waals surface area contributed by atoms with E-state index in [1.54, 1.807) is 0 Å². The minimum atomic E-state index is 0.0444. The second-order valence-corrected chi connectivity index (χ2v) is 5.93. The predicted molar refractivity (Wildman–Crippen MR) is 84.2 cm³/mol. The van der Waals surface area contributed by atoms with Gasteiger partial charge in [-0.3, -0.25) is 4.79 Å². The highest BCUT2D eigenvalue weighted by Crippen LogP contribution is 2.29. The van der Waals surface area contributed by atoms with Gasteiger partial charge < -0.3 is 10.6 Å². The molecule has 1 aliphatic carbocycles. The lowest BCUT2D eigenvalue weighted by atomic mass is 9.80. The van der Waals surface area contributed by atoms with Gasteiger partial charge in [0.1, 0.15) is 0 Å². The number of carbonyl (C=O) groups is 1. The van der Waals surface area contributed by atoms with Gasteiger partial charge in [0, 0.05) is 18.3 Å². The van der Waals surface area contributed by atoms with Gasteiger partial charge in [-0.15, -0.1) is 0 Å². The lowest BCUT2D eigenvalue weighted by molar-refractivity contribution is 0.0910. The summed E-state index contributed by atoms with van der Waals surface area (Å²) in [4.78, 5) is 12.4. The molecule has 0 bridgehead atoms. The first-order valence-electron chi connectivity index (χ1n) is 7.77. The molecule has 3 nitrogen and oxygen atoms in total. The number of hydrogen-bond donors (Lipinski definition) is 2. The molecule has 1 saturated carbocycles. The van der Waals surface area contributed by atoms with Crippen molar-refractivity contribution in [1.82, 2.24) is 5.32 Å². The molecule has 110 valence electrons. The van der Waals surface area contributed by atoms with Crippen LogP contribution in [0.4, 0.5) is 5.69 Å². The summed E-state index contributed by atoms with van der Waals surface area (Å²) >= 11 is 0. The van der Waals surface area contributed by atoms with E-state index in [2.05, 4.69) is 37.5 Å². The lowest BCUT2D eigenvalue weighted by Crippen LogP contribution is -2.40. The first kappa shape index (κ1) is 14.9. The first-order chi connectivity index (χ1) is 9.61. The third kappa shape index (κ3) is 3.53. The molecule has 0 aliphatic heterocycles. The number of aryl methyl sites for hydroxylation is 1. The van der Waals surface area contributed by atoms with Gasteiger partial charge in [-0.05, 0) is 56.7 Å². The van der Waals surface area contributed by atoms with Crippen LogP contribution in [-0.2, 0) is 0 Å². The van der Waals surface area contributed by atoms with Gasteiger partial charge in [-0.1, -0.05) is 19.4 Å². The quantitative estimate of drug-likeness (QED) is 0.829. The maximum Gasteiger partial charge on any atom is 0.253 e. The summed E-state index contributed by atoms with van der Waals surface area (Å²) in [5.74, 6) is 0.708. The Hall–Kier alpha value is -1.51. The first-order valence-corrected chi connectivity index (χ1v) is 7.77. The van der Waals surface area contributed by atoms with Crippen LogP contribution in [0.5, 0.6) is 0 Å². The molecule has 1 unspecified atom stereocenters. The number of benzene rings is 1. The van der Waals surface area contributed by atoms with E-state index < -0.39 is 0 Å². The number of nitrogens with one attached hydrogen (secondary N) is 2. The number of amides is 1. The van der Waals surface area contributed by atoms with E-state index in [1.807, 2.05) is 12.1 Å². The van der Waals surface area contributed by atoms with Crippen LogP contribution in [0.3, 0.4) is 0 Å². The van der Waals surface area contributed by atoms with Gasteiger partial charge in [0.25, 0.3) is 5.91 Å². The lowest BCUT2D eigenvalue weighted by Gasteiger charge is -2.32. The third-order valence-electron chi connectivity index (χ3n) is 4.20. The zero-order valence-electron chi connectivity index (χ0n) is 12.8. The smallest absolute Gasteiger partial charge is 0.253 e. The number of hydrogen-bond acceptors (Lipinski definition) is 2. The van der Waals surface area contributed by atoms with E-state index in [0.717, 1.165) is 24.2 Å². The standard InChI is InChI=1S/C17H26N2O/c1-4-10-18-16-11-12(2)8-9-15(16)17(20)19-13(3)14-6-5-7-14/h8-9,11,13-14,18H,4-7,10H2,1-3H3,(H,19,20). The summed E-state index contributed by atoms with van der Waals surface area (Å²) in [7, 11) is 0. The van der Waals surface area contributed by atoms with Crippen LogP contribution in [0.25, 0.3) is 0 Å². The Morgan fingerprint density at radius 1 is 1.40 bits per heavy atom. The number of carbonyl (C=O) groups excluding carboxylic acids is 1. The zero-order valence-corrected chi connectivity index (χ0v) is 12.8. The summed E-state index contributed by atoms with van der Waals surface area (Å²) in [6, 6.07) is 6.26. The minimum absolute atomic E-state index is 0.0444. The molecule has 1 aliphatic rings. The highest BCUT2D eigenvalue weighted by atomic mass is 16.1. The van der Waals surface area contributed by atoms with Crippen molar-refractivity contribution in [3.63, 3.8) is 0 Å². The Labute approximate surface area is 122 Å². The van der Waals surface area contributed by atoms with Crippen molar-refractivity contribution >= 4 is 11.6 Å². The molecule has 1 aromatic rings. The fourth-order valence-electron chi connectivity index (χ4n) is 2.60. The summed E-state index contributed by atoms with van der Waals surface area (Å²) in [6.45, 7) is 7.19. The van der Waals surface area contributed by atoms with Crippen LogP contribution in [-0.4, -0.2) is 18.5 Å². The average Bonchev–Trinajstić information content (AvgIpc) is 2.33. The maximum atomic E-state index is 12.4. The molecule has 1 fully saturated rings. The maximum absolute atomic E-state index is 12.4. The Morgan fingerprint density at radius 2 is 2.15 bits per heavy atom. The van der Waals surface area contributed by atoms with Crippen molar-refractivity contribution in [1.29, 1.82) is 0 Å². The molecule has 0 aromatic heterocycles. The largest absolute Gasteiger partial charge is 0.384 e. The second kappa shape index (κ2) is 6.78. The van der Waals surface area contributed by atoms with Crippen molar-refractivity contribution in [2.75, 3.05) is 11.9 Å². The topological polar surface area (TPSA) is 41.1 Å². The number of anilines is 1. The Kier molecular flexibility index (Phi) is 5.05. The van der Waals surface area contributed by atoms with Gasteiger partial charge in [0.15, 0.2) is 0 Å². The van der Waals surface area contributed by atoms with Gasteiger partial charge in [-0.25, -0.2) is 0 Å². The summed E-state index contributed by atoms with van der Waals surface area (Å²) in [5, 5.41) is 6.51. The van der Waals surface area contributed by atoms with E-state index in [-0.39, 0.29) is 11.9 Å². The van der Waals surface area contributed by atoms with Crippen molar-refractivity contribution in [3.8, 4) is 0 Å². The third-order valence-corrected chi connectivity index (χ3v) is 4.20. The Morgan fingerprint density at radius 3 is 2.75 bits per heavy atom. The molecule has 1 amide bonds. The summed E-state index contributed by atoms with van der Waals surface area (Å²) < 4.78 is 0. The Balaban J connectivity index is 2.07. The molecule has 3 heteroatoms. The van der Waals surface area contributed by atoms with Gasteiger partial charge in [-0.2, -0.15) is 0 Å². The fraction of sp³-hybridized carbons (Fsp3) is 0.588. The highest BCUT2D eigenvalue weighted by molar-refractivity contribution is 5.99. The zero-order chi connectivity index (χ0) is 14.5. The molecular formula is C17H26N2O. The van der Waals surface area contributed by atoms with E-state index in [1.165, 1.54) is 24.8 Å². The molecule has 2 N–H and O–H groups in total. The van der Waals surface area contributed by atoms with Crippen LogP contribution >= 0.6 is 0 Å². The minimum Gasteiger partial charge on any atom is -0.384 e.